The molecule has 0 spiro atoms. The van der Waals surface area contributed by atoms with Crippen molar-refractivity contribution in [3.8, 4) is 16.9 Å². The number of hydrogen-bond donors (Lipinski definition) is 1. The Kier molecular flexibility index (Phi) is 4.38. The van der Waals surface area contributed by atoms with E-state index in [1.165, 1.54) is 6.07 Å². The van der Waals surface area contributed by atoms with Crippen LogP contribution in [0, 0.1) is 17.0 Å². The van der Waals surface area contributed by atoms with E-state index in [0.717, 1.165) is 40.0 Å². The first kappa shape index (κ1) is 17.2. The molecule has 0 aromatic heterocycles. The van der Waals surface area contributed by atoms with Gasteiger partial charge in [0.05, 0.1) is 11.5 Å². The summed E-state index contributed by atoms with van der Waals surface area (Å²) < 4.78 is 5.79. The molecule has 1 unspecified atom stereocenters. The topological polar surface area (TPSA) is 72.6 Å². The van der Waals surface area contributed by atoms with Gasteiger partial charge in [-0.3, -0.25) is 10.1 Å². The summed E-state index contributed by atoms with van der Waals surface area (Å²) in [4.78, 5) is 10.7. The Morgan fingerprint density at radius 2 is 1.85 bits per heavy atom. The van der Waals surface area contributed by atoms with E-state index in [-0.39, 0.29) is 5.69 Å². The average molecular weight is 361 g/mol. The predicted molar refractivity (Wildman–Crippen MR) is 103 cm³/mol. The zero-order chi connectivity index (χ0) is 19.0. The SMILES string of the molecule is Cc1ccc(C(O)c2cc3c(c(-c4cccc([N+](=O)[O-])c4)c2)OCC3)cc1. The standard InChI is InChI=1S/C22H19NO4/c1-14-5-7-15(8-6-14)21(24)18-11-17-9-10-27-22(17)20(13-18)16-3-2-4-19(12-16)23(25)26/h2-8,11-13,21,24H,9-10H2,1H3. The third-order valence-electron chi connectivity index (χ3n) is 4.88. The van der Waals surface area contributed by atoms with E-state index in [0.29, 0.717) is 12.2 Å². The number of fused-ring (bicyclic) bond motifs is 1. The molecule has 0 fully saturated rings. The van der Waals surface area contributed by atoms with Crippen LogP contribution < -0.4 is 4.74 Å². The predicted octanol–water partition coefficient (Wildman–Crippen LogP) is 4.59. The number of nitro groups is 1. The molecule has 4 rings (SSSR count). The number of non-ortho nitro benzene ring substituents is 1. The lowest BCUT2D eigenvalue weighted by molar-refractivity contribution is -0.384. The van der Waals surface area contributed by atoms with Crippen molar-refractivity contribution in [2.45, 2.75) is 19.4 Å². The molecule has 3 aromatic rings. The van der Waals surface area contributed by atoms with Crippen molar-refractivity contribution in [3.63, 3.8) is 0 Å². The Balaban J connectivity index is 1.82. The number of nitrogens with zero attached hydrogens (tertiary/aromatic N) is 1. The third-order valence-corrected chi connectivity index (χ3v) is 4.88. The molecule has 27 heavy (non-hydrogen) atoms. The van der Waals surface area contributed by atoms with E-state index in [9.17, 15) is 15.2 Å². The number of rotatable bonds is 4. The fraction of sp³-hybridized carbons (Fsp3) is 0.182. The van der Waals surface area contributed by atoms with Crippen LogP contribution in [-0.2, 0) is 6.42 Å². The Bertz CT molecular complexity index is 1010. The minimum atomic E-state index is -0.769. The van der Waals surface area contributed by atoms with E-state index in [2.05, 4.69) is 0 Å². The highest BCUT2D eigenvalue weighted by atomic mass is 16.6. The van der Waals surface area contributed by atoms with Crippen LogP contribution in [0.1, 0.15) is 28.4 Å². The van der Waals surface area contributed by atoms with Crippen molar-refractivity contribution in [2.75, 3.05) is 6.61 Å². The molecular formula is C22H19NO4. The molecule has 0 saturated carbocycles. The van der Waals surface area contributed by atoms with Crippen molar-refractivity contribution in [1.29, 1.82) is 0 Å². The summed E-state index contributed by atoms with van der Waals surface area (Å²) in [5.74, 6) is 0.746. The molecule has 1 atom stereocenters. The van der Waals surface area contributed by atoms with Gasteiger partial charge >= 0.3 is 0 Å². The van der Waals surface area contributed by atoms with Crippen LogP contribution in [0.15, 0.2) is 60.7 Å². The van der Waals surface area contributed by atoms with Crippen LogP contribution in [0.5, 0.6) is 5.75 Å². The summed E-state index contributed by atoms with van der Waals surface area (Å²) in [5.41, 5.74) is 5.22. The highest BCUT2D eigenvalue weighted by molar-refractivity contribution is 5.75. The fourth-order valence-electron chi connectivity index (χ4n) is 3.43. The molecule has 0 amide bonds. The van der Waals surface area contributed by atoms with Crippen molar-refractivity contribution in [3.05, 3.63) is 93.0 Å². The molecule has 1 aliphatic rings. The maximum absolute atomic E-state index is 11.1. The molecular weight excluding hydrogens is 342 g/mol. The molecule has 1 aliphatic heterocycles. The van der Waals surface area contributed by atoms with Crippen molar-refractivity contribution >= 4 is 5.69 Å². The number of ether oxygens (including phenoxy) is 1. The van der Waals surface area contributed by atoms with Gasteiger partial charge in [0, 0.05) is 24.1 Å². The number of benzene rings is 3. The lowest BCUT2D eigenvalue weighted by atomic mass is 9.93. The second-order valence-corrected chi connectivity index (χ2v) is 6.78. The summed E-state index contributed by atoms with van der Waals surface area (Å²) in [6, 6.07) is 18.1. The van der Waals surface area contributed by atoms with E-state index in [4.69, 9.17) is 4.74 Å². The lowest BCUT2D eigenvalue weighted by Gasteiger charge is -2.16. The van der Waals surface area contributed by atoms with Gasteiger partial charge in [-0.25, -0.2) is 0 Å². The fourth-order valence-corrected chi connectivity index (χ4v) is 3.43. The van der Waals surface area contributed by atoms with E-state index < -0.39 is 11.0 Å². The second-order valence-electron chi connectivity index (χ2n) is 6.78. The van der Waals surface area contributed by atoms with Gasteiger partial charge in [0.2, 0.25) is 0 Å². The Labute approximate surface area is 157 Å². The van der Waals surface area contributed by atoms with Crippen LogP contribution in [-0.4, -0.2) is 16.6 Å². The molecule has 5 nitrogen and oxygen atoms in total. The second kappa shape index (κ2) is 6.85. The van der Waals surface area contributed by atoms with Gasteiger partial charge in [0.15, 0.2) is 0 Å². The van der Waals surface area contributed by atoms with Crippen LogP contribution >= 0.6 is 0 Å². The first-order valence-electron chi connectivity index (χ1n) is 8.82. The quantitative estimate of drug-likeness (QED) is 0.545. The minimum Gasteiger partial charge on any atom is -0.492 e. The van der Waals surface area contributed by atoms with Crippen LogP contribution in [0.2, 0.25) is 0 Å². The van der Waals surface area contributed by atoms with Gasteiger partial charge < -0.3 is 9.84 Å². The van der Waals surface area contributed by atoms with Crippen LogP contribution in [0.3, 0.4) is 0 Å². The Morgan fingerprint density at radius 1 is 1.07 bits per heavy atom. The summed E-state index contributed by atoms with van der Waals surface area (Å²) >= 11 is 0. The summed E-state index contributed by atoms with van der Waals surface area (Å²) in [7, 11) is 0. The molecule has 0 radical (unpaired) electrons. The number of aliphatic hydroxyl groups excluding tert-OH is 1. The van der Waals surface area contributed by atoms with E-state index in [1.54, 1.807) is 12.1 Å². The average Bonchev–Trinajstić information content (AvgIpc) is 3.16. The first-order chi connectivity index (χ1) is 13.0. The molecule has 136 valence electrons. The maximum atomic E-state index is 11.1. The van der Waals surface area contributed by atoms with Gasteiger partial charge in [0.25, 0.3) is 5.69 Å². The third kappa shape index (κ3) is 3.29. The van der Waals surface area contributed by atoms with Crippen molar-refractivity contribution in [2.24, 2.45) is 0 Å². The molecule has 0 aliphatic carbocycles. The molecule has 5 heteroatoms. The Morgan fingerprint density at radius 3 is 2.59 bits per heavy atom. The summed E-state index contributed by atoms with van der Waals surface area (Å²) in [5, 5.41) is 22.0. The minimum absolute atomic E-state index is 0.0312. The van der Waals surface area contributed by atoms with Crippen molar-refractivity contribution < 1.29 is 14.8 Å². The maximum Gasteiger partial charge on any atom is 0.270 e. The zero-order valence-electron chi connectivity index (χ0n) is 14.9. The molecule has 1 heterocycles. The van der Waals surface area contributed by atoms with Crippen LogP contribution in [0.4, 0.5) is 5.69 Å². The Hall–Kier alpha value is -3.18. The normalized spacial score (nSPS) is 13.7. The number of nitro benzene ring substituents is 1. The van der Waals surface area contributed by atoms with Gasteiger partial charge in [-0.15, -0.1) is 0 Å². The number of aryl methyl sites for hydroxylation is 1. The zero-order valence-corrected chi connectivity index (χ0v) is 14.9. The highest BCUT2D eigenvalue weighted by Gasteiger charge is 2.22. The van der Waals surface area contributed by atoms with Gasteiger partial charge in [-0.05, 0) is 41.3 Å². The lowest BCUT2D eigenvalue weighted by Crippen LogP contribution is -2.01. The monoisotopic (exact) mass is 361 g/mol. The van der Waals surface area contributed by atoms with Gasteiger partial charge in [0.1, 0.15) is 11.9 Å². The largest absolute Gasteiger partial charge is 0.492 e. The number of aliphatic hydroxyl groups is 1. The highest BCUT2D eigenvalue weighted by Crippen LogP contribution is 2.41. The summed E-state index contributed by atoms with van der Waals surface area (Å²) in [6.45, 7) is 2.57. The van der Waals surface area contributed by atoms with E-state index in [1.807, 2.05) is 49.4 Å². The van der Waals surface area contributed by atoms with Crippen LogP contribution in [0.25, 0.3) is 11.1 Å². The molecule has 0 saturated heterocycles. The molecule has 0 bridgehead atoms. The van der Waals surface area contributed by atoms with Crippen molar-refractivity contribution in [1.82, 2.24) is 0 Å². The van der Waals surface area contributed by atoms with Gasteiger partial charge in [-0.1, -0.05) is 42.0 Å². The summed E-state index contributed by atoms with van der Waals surface area (Å²) in [6.07, 6.45) is -0.0138. The number of hydrogen-bond acceptors (Lipinski definition) is 4. The van der Waals surface area contributed by atoms with Gasteiger partial charge in [-0.2, -0.15) is 0 Å². The first-order valence-corrected chi connectivity index (χ1v) is 8.82. The molecule has 3 aromatic carbocycles. The van der Waals surface area contributed by atoms with E-state index >= 15 is 0 Å². The smallest absolute Gasteiger partial charge is 0.270 e. The molecule has 1 N–H and O–H groups in total.